The molecule has 0 amide bonds. The van der Waals surface area contributed by atoms with Crippen LogP contribution in [0, 0.1) is 5.41 Å². The van der Waals surface area contributed by atoms with E-state index in [1.165, 1.54) is 0 Å². The van der Waals surface area contributed by atoms with Crippen molar-refractivity contribution in [3.05, 3.63) is 35.0 Å². The number of anilines is 2. The molecule has 8 nitrogen and oxygen atoms in total. The van der Waals surface area contributed by atoms with Crippen molar-refractivity contribution in [1.29, 1.82) is 0 Å². The summed E-state index contributed by atoms with van der Waals surface area (Å²) in [4.78, 5) is 13.1. The predicted molar refractivity (Wildman–Crippen MR) is 98.9 cm³/mol. The van der Waals surface area contributed by atoms with E-state index in [0.29, 0.717) is 41.5 Å². The van der Waals surface area contributed by atoms with Crippen molar-refractivity contribution in [1.82, 2.24) is 10.3 Å². The number of carbonyl (C=O) groups excluding carboxylic acids is 1. The first-order chi connectivity index (χ1) is 12.9. The number of ether oxygens (including phenoxy) is 2. The van der Waals surface area contributed by atoms with Crippen molar-refractivity contribution in [3.63, 3.8) is 0 Å². The number of Topliss-reactive ketones (excluding diaryl/α,β-unsaturated/α-hetero) is 1. The maximum absolute atomic E-state index is 13.1. The van der Waals surface area contributed by atoms with E-state index in [-0.39, 0.29) is 11.2 Å². The van der Waals surface area contributed by atoms with Crippen LogP contribution in [0.4, 0.5) is 11.6 Å². The maximum atomic E-state index is 13.1. The second kappa shape index (κ2) is 6.29. The summed E-state index contributed by atoms with van der Waals surface area (Å²) in [6.45, 7) is 4.16. The van der Waals surface area contributed by atoms with Crippen LogP contribution in [-0.2, 0) is 4.79 Å². The number of nitrogens with one attached hydrogen (secondary N) is 2. The second-order valence-corrected chi connectivity index (χ2v) is 7.60. The molecule has 2 heterocycles. The monoisotopic (exact) mass is 370 g/mol. The molecule has 2 aliphatic rings. The van der Waals surface area contributed by atoms with E-state index in [1.54, 1.807) is 14.2 Å². The van der Waals surface area contributed by atoms with Crippen molar-refractivity contribution in [3.8, 4) is 11.5 Å². The number of ketones is 1. The van der Waals surface area contributed by atoms with Crippen LogP contribution < -0.4 is 20.1 Å². The van der Waals surface area contributed by atoms with Gasteiger partial charge in [0.15, 0.2) is 5.78 Å². The van der Waals surface area contributed by atoms with Gasteiger partial charge < -0.3 is 20.1 Å². The summed E-state index contributed by atoms with van der Waals surface area (Å²) in [5, 5.41) is 14.4. The molecule has 0 radical (unpaired) electrons. The zero-order valence-corrected chi connectivity index (χ0v) is 15.8. The number of fused-ring (bicyclic) bond motifs is 1. The smallest absolute Gasteiger partial charge is 0.219 e. The highest BCUT2D eigenvalue weighted by molar-refractivity contribution is 6.00. The third-order valence-electron chi connectivity index (χ3n) is 5.00. The summed E-state index contributed by atoms with van der Waals surface area (Å²) in [5.74, 6) is 2.33. The first-order valence-corrected chi connectivity index (χ1v) is 8.76. The fourth-order valence-corrected chi connectivity index (χ4v) is 3.80. The standard InChI is InChI=1S/C19H22N4O4/c1-19(2)8-12-15(13(24)9-19)16(21-18-17(20-12)22-27-23-18)11-7-10(25-3)5-6-14(11)26-4/h5-7,16H,8-9H2,1-4H3,(H,20,22)(H,21,23)/t16-/m0/s1. The lowest BCUT2D eigenvalue weighted by molar-refractivity contribution is -0.118. The van der Waals surface area contributed by atoms with Crippen LogP contribution in [0.5, 0.6) is 11.5 Å². The van der Waals surface area contributed by atoms with E-state index in [2.05, 4.69) is 34.8 Å². The van der Waals surface area contributed by atoms with Crippen LogP contribution in [0.2, 0.25) is 0 Å². The molecule has 1 aromatic heterocycles. The van der Waals surface area contributed by atoms with Crippen molar-refractivity contribution >= 4 is 17.4 Å². The Labute approximate surface area is 156 Å². The zero-order chi connectivity index (χ0) is 19.2. The predicted octanol–water partition coefficient (Wildman–Crippen LogP) is 3.31. The molecule has 0 unspecified atom stereocenters. The molecule has 0 spiro atoms. The first-order valence-electron chi connectivity index (χ1n) is 8.76. The van der Waals surface area contributed by atoms with Crippen LogP contribution in [0.15, 0.2) is 34.1 Å². The number of rotatable bonds is 3. The number of benzene rings is 1. The lowest BCUT2D eigenvalue weighted by atomic mass is 9.73. The van der Waals surface area contributed by atoms with Crippen molar-refractivity contribution < 1.29 is 18.9 Å². The van der Waals surface area contributed by atoms with Gasteiger partial charge in [-0.15, -0.1) is 0 Å². The Hall–Kier alpha value is -3.03. The summed E-state index contributed by atoms with van der Waals surface area (Å²) >= 11 is 0. The van der Waals surface area contributed by atoms with Gasteiger partial charge in [0, 0.05) is 23.3 Å². The van der Waals surface area contributed by atoms with Gasteiger partial charge in [0.05, 0.1) is 20.3 Å². The molecule has 1 atom stereocenters. The molecule has 4 rings (SSSR count). The Morgan fingerprint density at radius 3 is 2.67 bits per heavy atom. The third-order valence-corrected chi connectivity index (χ3v) is 5.00. The Balaban J connectivity index is 1.91. The minimum Gasteiger partial charge on any atom is -0.497 e. The number of hydrogen-bond donors (Lipinski definition) is 2. The van der Waals surface area contributed by atoms with Crippen LogP contribution in [-0.4, -0.2) is 30.3 Å². The van der Waals surface area contributed by atoms with Gasteiger partial charge in [0.2, 0.25) is 11.6 Å². The highest BCUT2D eigenvalue weighted by Crippen LogP contribution is 2.46. The number of nitrogens with zero attached hydrogens (tertiary/aromatic N) is 2. The first kappa shape index (κ1) is 17.4. The molecule has 2 N–H and O–H groups in total. The molecular weight excluding hydrogens is 348 g/mol. The highest BCUT2D eigenvalue weighted by Gasteiger charge is 2.40. The Kier molecular flexibility index (Phi) is 4.05. The normalized spacial score (nSPS) is 20.7. The summed E-state index contributed by atoms with van der Waals surface area (Å²) in [6.07, 6.45) is 1.18. The molecule has 142 valence electrons. The van der Waals surface area contributed by atoms with Gasteiger partial charge in [-0.3, -0.25) is 4.79 Å². The van der Waals surface area contributed by atoms with Crippen molar-refractivity contribution in [2.75, 3.05) is 24.9 Å². The van der Waals surface area contributed by atoms with Crippen molar-refractivity contribution in [2.24, 2.45) is 5.41 Å². The van der Waals surface area contributed by atoms with Crippen LogP contribution in [0.1, 0.15) is 38.3 Å². The SMILES string of the molecule is COc1ccc(OC)c([C@@H]2Nc3nonc3NC3=C2C(=O)CC(C)(C)C3)c1. The molecule has 0 fully saturated rings. The van der Waals surface area contributed by atoms with Gasteiger partial charge in [-0.1, -0.05) is 13.8 Å². The number of allylic oxidation sites excluding steroid dienone is 1. The van der Waals surface area contributed by atoms with Gasteiger partial charge in [-0.2, -0.15) is 0 Å². The van der Waals surface area contributed by atoms with E-state index in [4.69, 9.17) is 14.1 Å². The lowest BCUT2D eigenvalue weighted by Gasteiger charge is -2.34. The van der Waals surface area contributed by atoms with Crippen LogP contribution in [0.3, 0.4) is 0 Å². The summed E-state index contributed by atoms with van der Waals surface area (Å²) in [5.41, 5.74) is 2.14. The number of methoxy groups -OCH3 is 2. The second-order valence-electron chi connectivity index (χ2n) is 7.60. The fraction of sp³-hybridized carbons (Fsp3) is 0.421. The van der Waals surface area contributed by atoms with Gasteiger partial charge in [-0.25, -0.2) is 4.63 Å². The molecule has 1 aromatic carbocycles. The molecular formula is C19H22N4O4. The third kappa shape index (κ3) is 3.01. The Morgan fingerprint density at radius 2 is 1.93 bits per heavy atom. The van der Waals surface area contributed by atoms with E-state index >= 15 is 0 Å². The van der Waals surface area contributed by atoms with Gasteiger partial charge in [-0.05, 0) is 40.3 Å². The molecule has 27 heavy (non-hydrogen) atoms. The van der Waals surface area contributed by atoms with Crippen molar-refractivity contribution in [2.45, 2.75) is 32.7 Å². The van der Waals surface area contributed by atoms with E-state index < -0.39 is 6.04 Å². The van der Waals surface area contributed by atoms with Crippen LogP contribution in [0.25, 0.3) is 0 Å². The molecule has 0 saturated heterocycles. The topological polar surface area (TPSA) is 98.5 Å². The maximum Gasteiger partial charge on any atom is 0.219 e. The summed E-state index contributed by atoms with van der Waals surface area (Å²) < 4.78 is 15.8. The van der Waals surface area contributed by atoms with Crippen LogP contribution >= 0.6 is 0 Å². The summed E-state index contributed by atoms with van der Waals surface area (Å²) in [7, 11) is 3.21. The van der Waals surface area contributed by atoms with Gasteiger partial charge in [0.1, 0.15) is 11.5 Å². The summed E-state index contributed by atoms with van der Waals surface area (Å²) in [6, 6.07) is 5.05. The molecule has 1 aliphatic heterocycles. The molecule has 2 aromatic rings. The van der Waals surface area contributed by atoms with Gasteiger partial charge in [0.25, 0.3) is 0 Å². The quantitative estimate of drug-likeness (QED) is 0.849. The van der Waals surface area contributed by atoms with E-state index in [1.807, 2.05) is 18.2 Å². The minimum atomic E-state index is -0.464. The number of aromatic nitrogens is 2. The van der Waals surface area contributed by atoms with Gasteiger partial charge >= 0.3 is 0 Å². The molecule has 0 saturated carbocycles. The number of hydrogen-bond acceptors (Lipinski definition) is 8. The fourth-order valence-electron chi connectivity index (χ4n) is 3.80. The molecule has 8 heteroatoms. The van der Waals surface area contributed by atoms with E-state index in [0.717, 1.165) is 11.3 Å². The average Bonchev–Trinajstić information content (AvgIpc) is 2.99. The van der Waals surface area contributed by atoms with E-state index in [9.17, 15) is 4.79 Å². The minimum absolute atomic E-state index is 0.0817. The molecule has 1 aliphatic carbocycles. The lowest BCUT2D eigenvalue weighted by Crippen LogP contribution is -2.31. The Morgan fingerprint density at radius 1 is 1.15 bits per heavy atom. The largest absolute Gasteiger partial charge is 0.497 e. The average molecular weight is 370 g/mol. The zero-order valence-electron chi connectivity index (χ0n) is 15.8. The molecule has 0 bridgehead atoms. The highest BCUT2D eigenvalue weighted by atomic mass is 16.6. The number of carbonyl (C=O) groups is 1. The Bertz CT molecular complexity index is 932.